The molecule has 1 aromatic carbocycles. The maximum Gasteiger partial charge on any atom is 2.00 e. The first-order chi connectivity index (χ1) is 8.75. The van der Waals surface area contributed by atoms with E-state index in [1.807, 2.05) is 0 Å². The molecule has 0 spiro atoms. The molecule has 0 saturated heterocycles. The molecule has 0 aliphatic carbocycles. The molecule has 0 saturated carbocycles. The van der Waals surface area contributed by atoms with Crippen LogP contribution in [0.25, 0.3) is 0 Å². The first-order valence-electron chi connectivity index (χ1n) is 6.70. The van der Waals surface area contributed by atoms with Crippen LogP contribution in [-0.2, 0) is 4.74 Å². The Bertz CT molecular complexity index is 376. The minimum absolute atomic E-state index is 0. The summed E-state index contributed by atoms with van der Waals surface area (Å²) in [5.41, 5.74) is 0.239. The van der Waals surface area contributed by atoms with Gasteiger partial charge in [-0.15, -0.1) is 0 Å². The van der Waals surface area contributed by atoms with E-state index in [1.54, 1.807) is 18.2 Å². The topological polar surface area (TPSA) is 46.5 Å². The van der Waals surface area contributed by atoms with Crippen LogP contribution in [-0.4, -0.2) is 66.6 Å². The monoisotopic (exact) mass is 390 g/mol. The number of ether oxygens (including phenoxy) is 1. The third kappa shape index (κ3) is 8.05. The molecule has 0 atom stereocenters. The molecule has 0 aromatic heterocycles. The Morgan fingerprint density at radius 3 is 2.47 bits per heavy atom. The number of aromatic hydroxyl groups is 1. The second kappa shape index (κ2) is 11.9. The van der Waals surface area contributed by atoms with E-state index in [2.05, 4.69) is 6.92 Å². The maximum atomic E-state index is 11.6. The van der Waals surface area contributed by atoms with Crippen molar-refractivity contribution in [3.63, 3.8) is 0 Å². The SMILES string of the molecule is CCCCCCCCOC(=O)c1ccccc1O.[Ba+2].[H-].[H-]. The molecule has 3 nitrogen and oxygen atoms in total. The number of esters is 1. The summed E-state index contributed by atoms with van der Waals surface area (Å²) in [7, 11) is 0. The molecule has 0 radical (unpaired) electrons. The van der Waals surface area contributed by atoms with E-state index in [0.29, 0.717) is 6.61 Å². The molecule has 104 valence electrons. The molecule has 0 fully saturated rings. The molecule has 4 heteroatoms. The van der Waals surface area contributed by atoms with Crippen molar-refractivity contribution in [1.82, 2.24) is 0 Å². The second-order valence-corrected chi connectivity index (χ2v) is 4.42. The Kier molecular flexibility index (Phi) is 11.9. The fourth-order valence-electron chi connectivity index (χ4n) is 1.77. The first kappa shape index (κ1) is 19.1. The predicted octanol–water partition coefficient (Wildman–Crippen LogP) is 3.75. The normalized spacial score (nSPS) is 9.74. The zero-order chi connectivity index (χ0) is 13.2. The minimum atomic E-state index is -0.443. The van der Waals surface area contributed by atoms with Gasteiger partial charge in [-0.1, -0.05) is 51.2 Å². The van der Waals surface area contributed by atoms with Gasteiger partial charge >= 0.3 is 54.9 Å². The van der Waals surface area contributed by atoms with Gasteiger partial charge in [-0.3, -0.25) is 0 Å². The van der Waals surface area contributed by atoms with Crippen molar-refractivity contribution in [3.05, 3.63) is 29.8 Å². The van der Waals surface area contributed by atoms with Crippen LogP contribution >= 0.6 is 0 Å². The van der Waals surface area contributed by atoms with Gasteiger partial charge in [-0.2, -0.15) is 0 Å². The number of benzene rings is 1. The molecular formula is C15H24BaO3. The van der Waals surface area contributed by atoms with Gasteiger partial charge in [0.1, 0.15) is 11.3 Å². The van der Waals surface area contributed by atoms with Crippen LogP contribution in [0.15, 0.2) is 24.3 Å². The maximum absolute atomic E-state index is 11.6. The smallest absolute Gasteiger partial charge is 1.00 e. The van der Waals surface area contributed by atoms with Gasteiger partial charge in [0.05, 0.1) is 6.61 Å². The standard InChI is InChI=1S/C15H22O3.Ba.2H/c1-2-3-4-5-6-9-12-18-15(17)13-10-7-8-11-14(13)16;;;/h7-8,10-11,16H,2-6,9,12H2,1H3;;;/q;+2;2*-1. The van der Waals surface area contributed by atoms with Gasteiger partial charge in [0.15, 0.2) is 0 Å². The average Bonchev–Trinajstić information content (AvgIpc) is 2.38. The molecule has 0 bridgehead atoms. The summed E-state index contributed by atoms with van der Waals surface area (Å²) >= 11 is 0. The van der Waals surface area contributed by atoms with Gasteiger partial charge in [0.25, 0.3) is 0 Å². The zero-order valence-electron chi connectivity index (χ0n) is 13.7. The Balaban J connectivity index is -0.00000108. The number of carbonyl (C=O) groups excluding carboxylic acids is 1. The average molecular weight is 390 g/mol. The molecular weight excluding hydrogens is 365 g/mol. The fraction of sp³-hybridized carbons (Fsp3) is 0.533. The summed E-state index contributed by atoms with van der Waals surface area (Å²) in [6.07, 6.45) is 6.95. The van der Waals surface area contributed by atoms with Crippen molar-refractivity contribution in [2.45, 2.75) is 45.4 Å². The van der Waals surface area contributed by atoms with Gasteiger partial charge in [-0.05, 0) is 18.6 Å². The summed E-state index contributed by atoms with van der Waals surface area (Å²) in [6, 6.07) is 6.45. The van der Waals surface area contributed by atoms with Crippen LogP contribution in [0.2, 0.25) is 0 Å². The summed E-state index contributed by atoms with van der Waals surface area (Å²) in [5, 5.41) is 9.48. The van der Waals surface area contributed by atoms with E-state index in [4.69, 9.17) is 4.74 Å². The molecule has 0 aliphatic rings. The van der Waals surface area contributed by atoms with E-state index in [9.17, 15) is 9.90 Å². The van der Waals surface area contributed by atoms with Gasteiger partial charge in [-0.25, -0.2) is 4.79 Å². The first-order valence-corrected chi connectivity index (χ1v) is 6.70. The number of phenols is 1. The Hall–Kier alpha value is 0.0614. The molecule has 19 heavy (non-hydrogen) atoms. The van der Waals surface area contributed by atoms with Crippen LogP contribution in [0.5, 0.6) is 5.75 Å². The van der Waals surface area contributed by atoms with Crippen LogP contribution in [0, 0.1) is 0 Å². The van der Waals surface area contributed by atoms with E-state index in [1.165, 1.54) is 31.7 Å². The quantitative estimate of drug-likeness (QED) is 0.418. The third-order valence-corrected chi connectivity index (χ3v) is 2.86. The zero-order valence-corrected chi connectivity index (χ0v) is 16.2. The largest absolute Gasteiger partial charge is 2.00 e. The molecule has 1 N–H and O–H groups in total. The molecule has 0 heterocycles. The minimum Gasteiger partial charge on any atom is -1.00 e. The summed E-state index contributed by atoms with van der Waals surface area (Å²) in [4.78, 5) is 11.6. The van der Waals surface area contributed by atoms with Crippen molar-refractivity contribution in [1.29, 1.82) is 0 Å². The number of phenolic OH excluding ortho intramolecular Hbond substituents is 1. The Labute approximate surface area is 158 Å². The van der Waals surface area contributed by atoms with Crippen molar-refractivity contribution < 1.29 is 17.5 Å². The van der Waals surface area contributed by atoms with Crippen molar-refractivity contribution in [2.75, 3.05) is 6.61 Å². The predicted molar refractivity (Wildman–Crippen MR) is 79.7 cm³/mol. The van der Waals surface area contributed by atoms with Gasteiger partial charge in [0, 0.05) is 0 Å². The molecule has 1 aromatic rings. The molecule has 0 aliphatic heterocycles. The molecule has 0 unspecified atom stereocenters. The molecule has 0 amide bonds. The van der Waals surface area contributed by atoms with Crippen molar-refractivity contribution in [3.8, 4) is 5.75 Å². The third-order valence-electron chi connectivity index (χ3n) is 2.86. The summed E-state index contributed by atoms with van der Waals surface area (Å²) in [6.45, 7) is 2.62. The fourth-order valence-corrected chi connectivity index (χ4v) is 1.77. The molecule has 1 rings (SSSR count). The van der Waals surface area contributed by atoms with Gasteiger partial charge < -0.3 is 12.7 Å². The number of hydrogen-bond acceptors (Lipinski definition) is 3. The van der Waals surface area contributed by atoms with Crippen LogP contribution in [0.3, 0.4) is 0 Å². The summed E-state index contributed by atoms with van der Waals surface area (Å²) in [5.74, 6) is -0.466. The second-order valence-electron chi connectivity index (χ2n) is 4.42. The number of para-hydroxylation sites is 1. The van der Waals surface area contributed by atoms with Crippen LogP contribution in [0.4, 0.5) is 0 Å². The van der Waals surface area contributed by atoms with E-state index >= 15 is 0 Å². The van der Waals surface area contributed by atoms with Crippen molar-refractivity contribution in [2.24, 2.45) is 0 Å². The summed E-state index contributed by atoms with van der Waals surface area (Å²) < 4.78 is 5.12. The van der Waals surface area contributed by atoms with Crippen LogP contribution < -0.4 is 0 Å². The van der Waals surface area contributed by atoms with E-state index in [0.717, 1.165) is 12.8 Å². The van der Waals surface area contributed by atoms with E-state index in [-0.39, 0.29) is 63.0 Å². The number of rotatable bonds is 8. The Morgan fingerprint density at radius 1 is 1.16 bits per heavy atom. The van der Waals surface area contributed by atoms with Gasteiger partial charge in [0.2, 0.25) is 0 Å². The number of hydrogen-bond donors (Lipinski definition) is 1. The Morgan fingerprint density at radius 2 is 1.79 bits per heavy atom. The van der Waals surface area contributed by atoms with Crippen molar-refractivity contribution >= 4 is 54.9 Å². The van der Waals surface area contributed by atoms with Crippen LogP contribution in [0.1, 0.15) is 58.7 Å². The van der Waals surface area contributed by atoms with E-state index < -0.39 is 5.97 Å². The number of unbranched alkanes of at least 4 members (excludes halogenated alkanes) is 5. The number of carbonyl (C=O) groups is 1.